The summed E-state index contributed by atoms with van der Waals surface area (Å²) in [6, 6.07) is 20.8. The first-order chi connectivity index (χ1) is 14.1. The molecule has 144 valence electrons. The first-order valence-electron chi connectivity index (χ1n) is 9.22. The summed E-state index contributed by atoms with van der Waals surface area (Å²) in [6.45, 7) is 2.11. The molecule has 4 aromatic rings. The third kappa shape index (κ3) is 4.36. The fourth-order valence-corrected chi connectivity index (χ4v) is 3.95. The first kappa shape index (κ1) is 19.3. The van der Waals surface area contributed by atoms with Gasteiger partial charge in [-0.2, -0.15) is 5.10 Å². The number of aromatic nitrogens is 1. The van der Waals surface area contributed by atoms with Crippen LogP contribution >= 0.6 is 22.9 Å². The monoisotopic (exact) mass is 419 g/mol. The number of amides is 1. The highest BCUT2D eigenvalue weighted by molar-refractivity contribution is 7.13. The Hall–Kier alpha value is -3.02. The van der Waals surface area contributed by atoms with Gasteiger partial charge in [-0.25, -0.2) is 10.4 Å². The van der Waals surface area contributed by atoms with Crippen LogP contribution in [0.15, 0.2) is 71.8 Å². The van der Waals surface area contributed by atoms with Crippen molar-refractivity contribution in [3.05, 3.63) is 87.1 Å². The highest BCUT2D eigenvalue weighted by atomic mass is 35.5. The molecule has 6 heteroatoms. The number of hydrogen-bond acceptors (Lipinski definition) is 4. The van der Waals surface area contributed by atoms with Gasteiger partial charge in [0.1, 0.15) is 0 Å². The van der Waals surface area contributed by atoms with Crippen molar-refractivity contribution in [1.82, 2.24) is 10.4 Å². The number of hydrazone groups is 1. The van der Waals surface area contributed by atoms with Crippen LogP contribution in [0.2, 0.25) is 5.02 Å². The largest absolute Gasteiger partial charge is 0.272 e. The van der Waals surface area contributed by atoms with Crippen LogP contribution < -0.4 is 5.43 Å². The van der Waals surface area contributed by atoms with Crippen molar-refractivity contribution in [3.8, 4) is 11.3 Å². The standard InChI is InChI=1S/C23H18ClN3OS/c1-2-17-11-12-18(29-17)14-25-27-23(28)20-13-22(15-7-9-16(24)10-8-15)26-21-6-4-3-5-19(20)21/h3-14H,2H2,1H3,(H,27,28)/b25-14+. The minimum Gasteiger partial charge on any atom is -0.267 e. The molecule has 0 saturated carbocycles. The summed E-state index contributed by atoms with van der Waals surface area (Å²) in [4.78, 5) is 19.9. The molecule has 0 fully saturated rings. The maximum Gasteiger partial charge on any atom is 0.272 e. The average Bonchev–Trinajstić information content (AvgIpc) is 3.21. The molecule has 4 rings (SSSR count). The maximum atomic E-state index is 12.9. The third-order valence-electron chi connectivity index (χ3n) is 4.49. The van der Waals surface area contributed by atoms with E-state index < -0.39 is 0 Å². The molecule has 2 aromatic heterocycles. The molecule has 2 heterocycles. The summed E-state index contributed by atoms with van der Waals surface area (Å²) < 4.78 is 0. The number of aryl methyl sites for hydroxylation is 1. The topological polar surface area (TPSA) is 54.4 Å². The van der Waals surface area contributed by atoms with E-state index in [4.69, 9.17) is 16.6 Å². The molecule has 0 bridgehead atoms. The van der Waals surface area contributed by atoms with Crippen molar-refractivity contribution in [3.63, 3.8) is 0 Å². The number of thiophene rings is 1. The van der Waals surface area contributed by atoms with Gasteiger partial charge in [-0.3, -0.25) is 4.79 Å². The second-order valence-electron chi connectivity index (χ2n) is 6.44. The van der Waals surface area contributed by atoms with E-state index in [-0.39, 0.29) is 5.91 Å². The lowest BCUT2D eigenvalue weighted by Gasteiger charge is -2.09. The highest BCUT2D eigenvalue weighted by Crippen LogP contribution is 2.26. The zero-order chi connectivity index (χ0) is 20.2. The zero-order valence-electron chi connectivity index (χ0n) is 15.7. The van der Waals surface area contributed by atoms with Gasteiger partial charge in [0.05, 0.1) is 23.0 Å². The molecule has 0 spiro atoms. The molecule has 0 aliphatic carbocycles. The molecule has 2 aromatic carbocycles. The summed E-state index contributed by atoms with van der Waals surface area (Å²) in [7, 11) is 0. The van der Waals surface area contributed by atoms with Gasteiger partial charge in [-0.15, -0.1) is 11.3 Å². The highest BCUT2D eigenvalue weighted by Gasteiger charge is 2.13. The number of para-hydroxylation sites is 1. The van der Waals surface area contributed by atoms with Crippen LogP contribution in [0.4, 0.5) is 0 Å². The first-order valence-corrected chi connectivity index (χ1v) is 10.4. The van der Waals surface area contributed by atoms with Gasteiger partial charge in [0.2, 0.25) is 0 Å². The normalized spacial score (nSPS) is 11.2. The van der Waals surface area contributed by atoms with E-state index in [1.54, 1.807) is 23.6 Å². The molecule has 0 aliphatic heterocycles. The zero-order valence-corrected chi connectivity index (χ0v) is 17.3. The predicted octanol–water partition coefficient (Wildman–Crippen LogP) is 5.94. The number of benzene rings is 2. The number of fused-ring (bicyclic) bond motifs is 1. The SMILES string of the molecule is CCc1ccc(/C=N/NC(=O)c2cc(-c3ccc(Cl)cc3)nc3ccccc23)s1. The average molecular weight is 420 g/mol. The Morgan fingerprint density at radius 1 is 1.14 bits per heavy atom. The number of carbonyl (C=O) groups excluding carboxylic acids is 1. The van der Waals surface area contributed by atoms with Crippen molar-refractivity contribution in [2.24, 2.45) is 5.10 Å². The number of pyridine rings is 1. The Morgan fingerprint density at radius 2 is 1.93 bits per heavy atom. The maximum absolute atomic E-state index is 12.9. The summed E-state index contributed by atoms with van der Waals surface area (Å²) in [5, 5.41) is 5.57. The van der Waals surface area contributed by atoms with Gasteiger partial charge in [0.15, 0.2) is 0 Å². The molecule has 0 saturated heterocycles. The molecule has 0 aliphatic rings. The van der Waals surface area contributed by atoms with Crippen LogP contribution in [0.3, 0.4) is 0 Å². The van der Waals surface area contributed by atoms with Crippen LogP contribution in [-0.2, 0) is 6.42 Å². The summed E-state index contributed by atoms with van der Waals surface area (Å²) >= 11 is 7.66. The molecule has 1 N–H and O–H groups in total. The fourth-order valence-electron chi connectivity index (χ4n) is 3.00. The molecule has 0 unspecified atom stereocenters. The Bertz CT molecular complexity index is 1200. The predicted molar refractivity (Wildman–Crippen MR) is 121 cm³/mol. The van der Waals surface area contributed by atoms with E-state index in [1.165, 1.54) is 4.88 Å². The molecular weight excluding hydrogens is 402 g/mol. The minimum absolute atomic E-state index is 0.276. The molecular formula is C23H18ClN3OS. The van der Waals surface area contributed by atoms with E-state index in [0.29, 0.717) is 16.3 Å². The van der Waals surface area contributed by atoms with E-state index >= 15 is 0 Å². The van der Waals surface area contributed by atoms with Gasteiger partial charge >= 0.3 is 0 Å². The van der Waals surface area contributed by atoms with Gasteiger partial charge in [0.25, 0.3) is 5.91 Å². The van der Waals surface area contributed by atoms with Crippen LogP contribution in [0.1, 0.15) is 27.0 Å². The van der Waals surface area contributed by atoms with E-state index in [1.807, 2.05) is 54.6 Å². The lowest BCUT2D eigenvalue weighted by molar-refractivity contribution is 0.0957. The molecule has 0 atom stereocenters. The van der Waals surface area contributed by atoms with Crippen LogP contribution in [-0.4, -0.2) is 17.1 Å². The van der Waals surface area contributed by atoms with E-state index in [9.17, 15) is 4.79 Å². The van der Waals surface area contributed by atoms with Gasteiger partial charge in [-0.05, 0) is 42.8 Å². The summed E-state index contributed by atoms with van der Waals surface area (Å²) in [6.07, 6.45) is 2.66. The third-order valence-corrected chi connectivity index (χ3v) is 5.91. The Labute approximate surface area is 177 Å². The molecule has 29 heavy (non-hydrogen) atoms. The Balaban J connectivity index is 1.66. The summed E-state index contributed by atoms with van der Waals surface area (Å²) in [5.74, 6) is -0.276. The molecule has 4 nitrogen and oxygen atoms in total. The smallest absolute Gasteiger partial charge is 0.267 e. The van der Waals surface area contributed by atoms with Gasteiger partial charge < -0.3 is 0 Å². The second-order valence-corrected chi connectivity index (χ2v) is 8.07. The van der Waals surface area contributed by atoms with Gasteiger partial charge in [-0.1, -0.05) is 48.9 Å². The number of halogens is 1. The van der Waals surface area contributed by atoms with Crippen LogP contribution in [0.25, 0.3) is 22.2 Å². The lowest BCUT2D eigenvalue weighted by atomic mass is 10.0. The number of nitrogens with zero attached hydrogens (tertiary/aromatic N) is 2. The summed E-state index contributed by atoms with van der Waals surface area (Å²) in [5.41, 5.74) is 5.52. The van der Waals surface area contributed by atoms with Crippen molar-refractivity contribution in [2.75, 3.05) is 0 Å². The molecule has 1 amide bonds. The van der Waals surface area contributed by atoms with Crippen LogP contribution in [0, 0.1) is 0 Å². The van der Waals surface area contributed by atoms with E-state index in [2.05, 4.69) is 23.5 Å². The Kier molecular flexibility index (Phi) is 5.69. The quantitative estimate of drug-likeness (QED) is 0.321. The minimum atomic E-state index is -0.276. The van der Waals surface area contributed by atoms with Gasteiger partial charge in [0, 0.05) is 25.7 Å². The van der Waals surface area contributed by atoms with Crippen molar-refractivity contribution >= 4 is 46.0 Å². The van der Waals surface area contributed by atoms with E-state index in [0.717, 1.165) is 27.8 Å². The number of carbonyl (C=O) groups is 1. The lowest BCUT2D eigenvalue weighted by Crippen LogP contribution is -2.18. The van der Waals surface area contributed by atoms with Crippen molar-refractivity contribution in [2.45, 2.75) is 13.3 Å². The second kappa shape index (κ2) is 8.55. The number of nitrogens with one attached hydrogen (secondary N) is 1. The van der Waals surface area contributed by atoms with Crippen molar-refractivity contribution in [1.29, 1.82) is 0 Å². The number of rotatable bonds is 5. The van der Waals surface area contributed by atoms with Crippen LogP contribution in [0.5, 0.6) is 0 Å². The number of hydrogen-bond donors (Lipinski definition) is 1. The van der Waals surface area contributed by atoms with Crippen molar-refractivity contribution < 1.29 is 4.79 Å². The molecule has 0 radical (unpaired) electrons. The fraction of sp³-hybridized carbons (Fsp3) is 0.0870. The Morgan fingerprint density at radius 3 is 2.69 bits per heavy atom.